The van der Waals surface area contributed by atoms with Crippen molar-refractivity contribution >= 4 is 35.2 Å². The van der Waals surface area contributed by atoms with Crippen LogP contribution in [0.1, 0.15) is 5.56 Å². The zero-order chi connectivity index (χ0) is 16.7. The number of hydrogen-bond donors (Lipinski definition) is 1. The summed E-state index contributed by atoms with van der Waals surface area (Å²) in [7, 11) is 0. The van der Waals surface area contributed by atoms with Gasteiger partial charge in [0.25, 0.3) is 5.91 Å². The number of nitrogens with one attached hydrogen (secondary N) is 1. The summed E-state index contributed by atoms with van der Waals surface area (Å²) in [6, 6.07) is 13.0. The van der Waals surface area contributed by atoms with Crippen LogP contribution in [0.25, 0.3) is 6.08 Å². The van der Waals surface area contributed by atoms with Gasteiger partial charge in [0.1, 0.15) is 5.82 Å². The lowest BCUT2D eigenvalue weighted by Crippen LogP contribution is -2.20. The van der Waals surface area contributed by atoms with Gasteiger partial charge in [0, 0.05) is 11.1 Å². The van der Waals surface area contributed by atoms with Gasteiger partial charge in [-0.2, -0.15) is 0 Å². The lowest BCUT2D eigenvalue weighted by atomic mass is 10.2. The summed E-state index contributed by atoms with van der Waals surface area (Å²) >= 11 is 5.61. The molecule has 2 aromatic rings. The van der Waals surface area contributed by atoms with Crippen molar-refractivity contribution in [3.8, 4) is 0 Å². The molecule has 1 N–H and O–H groups in total. The Balaban J connectivity index is 1.82. The van der Waals surface area contributed by atoms with E-state index in [1.807, 2.05) is 30.3 Å². The van der Waals surface area contributed by atoms with Crippen LogP contribution in [0.3, 0.4) is 0 Å². The second-order valence-electron chi connectivity index (χ2n) is 4.52. The molecule has 0 aromatic heterocycles. The Morgan fingerprint density at radius 2 is 1.91 bits per heavy atom. The number of rotatable bonds is 5. The standard InChI is InChI=1S/C17H13ClFNO3/c18-13-7-8-15(14(19)10-13)20-16(21)11-23-17(22)9-6-12-4-2-1-3-5-12/h1-10H,11H2,(H,20,21)/b9-6+. The van der Waals surface area contributed by atoms with Crippen LogP contribution in [0.2, 0.25) is 5.02 Å². The fourth-order valence-corrected chi connectivity index (χ4v) is 1.85. The van der Waals surface area contributed by atoms with Crippen molar-refractivity contribution in [2.45, 2.75) is 0 Å². The second-order valence-corrected chi connectivity index (χ2v) is 4.96. The molecule has 2 aromatic carbocycles. The molecule has 0 radical (unpaired) electrons. The summed E-state index contributed by atoms with van der Waals surface area (Å²) in [4.78, 5) is 23.1. The Kier molecular flexibility index (Phi) is 5.88. The normalized spacial score (nSPS) is 10.5. The fourth-order valence-electron chi connectivity index (χ4n) is 1.69. The van der Waals surface area contributed by atoms with Crippen molar-refractivity contribution in [2.24, 2.45) is 0 Å². The van der Waals surface area contributed by atoms with Gasteiger partial charge in [-0.15, -0.1) is 0 Å². The smallest absolute Gasteiger partial charge is 0.331 e. The average Bonchev–Trinajstić information content (AvgIpc) is 2.54. The Hall–Kier alpha value is -2.66. The first-order chi connectivity index (χ1) is 11.0. The van der Waals surface area contributed by atoms with Crippen molar-refractivity contribution in [1.29, 1.82) is 0 Å². The van der Waals surface area contributed by atoms with E-state index in [0.717, 1.165) is 11.6 Å². The van der Waals surface area contributed by atoms with E-state index < -0.39 is 24.3 Å². The summed E-state index contributed by atoms with van der Waals surface area (Å²) in [6.45, 7) is -0.514. The number of ether oxygens (including phenoxy) is 1. The van der Waals surface area contributed by atoms with Crippen molar-refractivity contribution in [1.82, 2.24) is 0 Å². The monoisotopic (exact) mass is 333 g/mol. The minimum atomic E-state index is -0.666. The molecule has 0 unspecified atom stereocenters. The maximum atomic E-state index is 13.5. The van der Waals surface area contributed by atoms with Crippen LogP contribution >= 0.6 is 11.6 Å². The van der Waals surface area contributed by atoms with Crippen molar-refractivity contribution in [3.05, 3.63) is 71.0 Å². The molecule has 0 aliphatic heterocycles. The van der Waals surface area contributed by atoms with Gasteiger partial charge in [0.15, 0.2) is 6.61 Å². The molecule has 23 heavy (non-hydrogen) atoms. The number of carbonyl (C=O) groups is 2. The highest BCUT2D eigenvalue weighted by atomic mass is 35.5. The molecule has 0 aliphatic rings. The maximum Gasteiger partial charge on any atom is 0.331 e. The van der Waals surface area contributed by atoms with Crippen LogP contribution in [-0.2, 0) is 14.3 Å². The molecule has 0 aliphatic carbocycles. The Morgan fingerprint density at radius 1 is 1.17 bits per heavy atom. The zero-order valence-electron chi connectivity index (χ0n) is 12.0. The first-order valence-electron chi connectivity index (χ1n) is 6.69. The van der Waals surface area contributed by atoms with Crippen LogP contribution in [0, 0.1) is 5.82 Å². The van der Waals surface area contributed by atoms with Crippen LogP contribution in [-0.4, -0.2) is 18.5 Å². The van der Waals surface area contributed by atoms with Gasteiger partial charge in [-0.25, -0.2) is 9.18 Å². The average molecular weight is 334 g/mol. The third-order valence-corrected chi connectivity index (χ3v) is 3.00. The predicted octanol–water partition coefficient (Wildman–Crippen LogP) is 3.67. The van der Waals surface area contributed by atoms with E-state index in [4.69, 9.17) is 16.3 Å². The molecular formula is C17H13ClFNO3. The second kappa shape index (κ2) is 8.10. The number of amides is 1. The zero-order valence-corrected chi connectivity index (χ0v) is 12.7. The van der Waals surface area contributed by atoms with Crippen molar-refractivity contribution < 1.29 is 18.7 Å². The van der Waals surface area contributed by atoms with E-state index >= 15 is 0 Å². The predicted molar refractivity (Wildman–Crippen MR) is 86.5 cm³/mol. The van der Waals surface area contributed by atoms with E-state index in [2.05, 4.69) is 5.32 Å². The highest BCUT2D eigenvalue weighted by molar-refractivity contribution is 6.30. The highest BCUT2D eigenvalue weighted by Gasteiger charge is 2.09. The summed E-state index contributed by atoms with van der Waals surface area (Å²) in [5, 5.41) is 2.51. The van der Waals surface area contributed by atoms with Gasteiger partial charge in [-0.1, -0.05) is 41.9 Å². The lowest BCUT2D eigenvalue weighted by Gasteiger charge is -2.06. The van der Waals surface area contributed by atoms with E-state index in [1.54, 1.807) is 6.08 Å². The first-order valence-corrected chi connectivity index (χ1v) is 7.07. The van der Waals surface area contributed by atoms with Gasteiger partial charge in [0.2, 0.25) is 0 Å². The molecular weight excluding hydrogens is 321 g/mol. The van der Waals surface area contributed by atoms with Gasteiger partial charge in [0.05, 0.1) is 5.69 Å². The molecule has 2 rings (SSSR count). The summed E-state index contributed by atoms with van der Waals surface area (Å²) in [5.74, 6) is -1.98. The molecule has 1 amide bonds. The minimum absolute atomic E-state index is 0.0322. The number of anilines is 1. The molecule has 6 heteroatoms. The molecule has 0 spiro atoms. The van der Waals surface area contributed by atoms with E-state index in [9.17, 15) is 14.0 Å². The molecule has 118 valence electrons. The third kappa shape index (κ3) is 5.56. The fraction of sp³-hybridized carbons (Fsp3) is 0.0588. The Bertz CT molecular complexity index is 732. The van der Waals surface area contributed by atoms with Gasteiger partial charge < -0.3 is 10.1 Å². The van der Waals surface area contributed by atoms with Gasteiger partial charge in [-0.05, 0) is 29.8 Å². The Labute approximate surface area is 137 Å². The number of benzene rings is 2. The summed E-state index contributed by atoms with van der Waals surface area (Å²) in [6.07, 6.45) is 2.78. The number of hydrogen-bond acceptors (Lipinski definition) is 3. The molecule has 0 atom stereocenters. The van der Waals surface area contributed by atoms with Gasteiger partial charge >= 0.3 is 5.97 Å². The van der Waals surface area contributed by atoms with E-state index in [0.29, 0.717) is 0 Å². The number of carbonyl (C=O) groups excluding carboxylic acids is 2. The number of halogens is 2. The molecule has 0 bridgehead atoms. The van der Waals surface area contributed by atoms with Crippen molar-refractivity contribution in [3.63, 3.8) is 0 Å². The number of esters is 1. The highest BCUT2D eigenvalue weighted by Crippen LogP contribution is 2.18. The summed E-state index contributed by atoms with van der Waals surface area (Å²) in [5.41, 5.74) is 0.799. The van der Waals surface area contributed by atoms with Crippen LogP contribution in [0.4, 0.5) is 10.1 Å². The van der Waals surface area contributed by atoms with E-state index in [1.165, 1.54) is 18.2 Å². The SMILES string of the molecule is O=C(COC(=O)/C=C/c1ccccc1)Nc1ccc(Cl)cc1F. The molecule has 4 nitrogen and oxygen atoms in total. The van der Waals surface area contributed by atoms with Crippen LogP contribution < -0.4 is 5.32 Å². The molecule has 0 saturated heterocycles. The van der Waals surface area contributed by atoms with Crippen molar-refractivity contribution in [2.75, 3.05) is 11.9 Å². The van der Waals surface area contributed by atoms with Crippen LogP contribution in [0.5, 0.6) is 0 Å². The lowest BCUT2D eigenvalue weighted by molar-refractivity contribution is -0.142. The summed E-state index contributed by atoms with van der Waals surface area (Å²) < 4.78 is 18.3. The topological polar surface area (TPSA) is 55.4 Å². The minimum Gasteiger partial charge on any atom is -0.452 e. The molecule has 0 fully saturated rings. The quantitative estimate of drug-likeness (QED) is 0.671. The molecule has 0 saturated carbocycles. The maximum absolute atomic E-state index is 13.5. The largest absolute Gasteiger partial charge is 0.452 e. The first kappa shape index (κ1) is 16.7. The van der Waals surface area contributed by atoms with Gasteiger partial charge in [-0.3, -0.25) is 4.79 Å². The third-order valence-electron chi connectivity index (χ3n) is 2.76. The molecule has 0 heterocycles. The Morgan fingerprint density at radius 3 is 2.61 bits per heavy atom. The van der Waals surface area contributed by atoms with E-state index in [-0.39, 0.29) is 10.7 Å². The van der Waals surface area contributed by atoms with Crippen LogP contribution in [0.15, 0.2) is 54.6 Å².